The Morgan fingerprint density at radius 3 is 2.86 bits per heavy atom. The Hall–Kier alpha value is -0.980. The van der Waals surface area contributed by atoms with Crippen LogP contribution in [0.4, 0.5) is 0 Å². The van der Waals surface area contributed by atoms with Crippen molar-refractivity contribution in [3.8, 4) is 0 Å². The van der Waals surface area contributed by atoms with Crippen LogP contribution in [0.1, 0.15) is 41.9 Å². The van der Waals surface area contributed by atoms with Crippen molar-refractivity contribution in [1.82, 2.24) is 15.6 Å². The van der Waals surface area contributed by atoms with Crippen molar-refractivity contribution in [1.29, 1.82) is 0 Å². The van der Waals surface area contributed by atoms with Crippen molar-refractivity contribution in [2.24, 2.45) is 5.92 Å². The first-order chi connectivity index (χ1) is 10.0. The lowest BCUT2D eigenvalue weighted by molar-refractivity contribution is -0.126. The van der Waals surface area contributed by atoms with Gasteiger partial charge in [0.25, 0.3) is 0 Å². The van der Waals surface area contributed by atoms with Gasteiger partial charge in [0.05, 0.1) is 35.9 Å². The Morgan fingerprint density at radius 2 is 2.24 bits per heavy atom. The summed E-state index contributed by atoms with van der Waals surface area (Å²) in [4.78, 5) is 18.0. The molecule has 1 saturated heterocycles. The molecule has 3 unspecified atom stereocenters. The predicted molar refractivity (Wildman–Crippen MR) is 84.5 cm³/mol. The van der Waals surface area contributed by atoms with Gasteiger partial charge in [-0.2, -0.15) is 0 Å². The molecule has 1 fully saturated rings. The summed E-state index contributed by atoms with van der Waals surface area (Å²) in [6, 6.07) is 0.123. The Kier molecular flexibility index (Phi) is 5.72. The maximum atomic E-state index is 12.5. The van der Waals surface area contributed by atoms with Crippen LogP contribution in [0.2, 0.25) is 0 Å². The molecule has 3 atom stereocenters. The molecule has 2 heterocycles. The summed E-state index contributed by atoms with van der Waals surface area (Å²) in [5.74, 6) is -0.0348. The van der Waals surface area contributed by atoms with E-state index in [1.807, 2.05) is 20.8 Å². The van der Waals surface area contributed by atoms with Gasteiger partial charge in [0.2, 0.25) is 5.91 Å². The third kappa shape index (κ3) is 4.02. The average molecular weight is 311 g/mol. The fourth-order valence-electron chi connectivity index (χ4n) is 2.68. The molecule has 0 radical (unpaired) electrons. The summed E-state index contributed by atoms with van der Waals surface area (Å²) >= 11 is 1.65. The minimum atomic E-state index is -0.103. The number of carbonyl (C=O) groups is 1. The fraction of sp³-hybridized carbons (Fsp3) is 0.733. The van der Waals surface area contributed by atoms with Crippen molar-refractivity contribution >= 4 is 17.2 Å². The van der Waals surface area contributed by atoms with Crippen LogP contribution in [0.3, 0.4) is 0 Å². The molecule has 0 aromatic carbocycles. The third-order valence-electron chi connectivity index (χ3n) is 3.77. The van der Waals surface area contributed by atoms with Gasteiger partial charge in [-0.05, 0) is 33.7 Å². The number of hydrogen-bond acceptors (Lipinski definition) is 5. The van der Waals surface area contributed by atoms with Crippen LogP contribution in [0.5, 0.6) is 0 Å². The van der Waals surface area contributed by atoms with E-state index < -0.39 is 0 Å². The van der Waals surface area contributed by atoms with E-state index in [-0.39, 0.29) is 23.9 Å². The van der Waals surface area contributed by atoms with Crippen molar-refractivity contribution in [2.75, 3.05) is 19.8 Å². The molecule has 2 rings (SSSR count). The standard InChI is InChI=1S/C15H25N3O2S/c1-5-6-16-13-8-20-7-12(13)15(19)18-10(3)14-9(2)17-11(4)21-14/h10,12-13,16H,5-8H2,1-4H3,(H,18,19). The van der Waals surface area contributed by atoms with Gasteiger partial charge >= 0.3 is 0 Å². The molecule has 118 valence electrons. The third-order valence-corrected chi connectivity index (χ3v) is 5.02. The van der Waals surface area contributed by atoms with Crippen LogP contribution in [0, 0.1) is 19.8 Å². The van der Waals surface area contributed by atoms with Crippen LogP contribution < -0.4 is 10.6 Å². The van der Waals surface area contributed by atoms with Gasteiger partial charge in [0, 0.05) is 10.9 Å². The molecule has 1 aromatic heterocycles. The molecule has 0 bridgehead atoms. The van der Waals surface area contributed by atoms with Gasteiger partial charge in [-0.3, -0.25) is 4.79 Å². The number of aryl methyl sites for hydroxylation is 2. The van der Waals surface area contributed by atoms with Gasteiger partial charge in [-0.1, -0.05) is 6.92 Å². The van der Waals surface area contributed by atoms with E-state index in [4.69, 9.17) is 4.74 Å². The van der Waals surface area contributed by atoms with Crippen LogP contribution in [-0.4, -0.2) is 36.7 Å². The maximum Gasteiger partial charge on any atom is 0.227 e. The van der Waals surface area contributed by atoms with Crippen LogP contribution >= 0.6 is 11.3 Å². The van der Waals surface area contributed by atoms with E-state index in [0.717, 1.165) is 28.5 Å². The van der Waals surface area contributed by atoms with Gasteiger partial charge < -0.3 is 15.4 Å². The second kappa shape index (κ2) is 7.33. The summed E-state index contributed by atoms with van der Waals surface area (Å²) in [5, 5.41) is 7.54. The summed E-state index contributed by atoms with van der Waals surface area (Å²) in [6.45, 7) is 10.2. The Morgan fingerprint density at radius 1 is 1.48 bits per heavy atom. The van der Waals surface area contributed by atoms with Gasteiger partial charge in [-0.15, -0.1) is 11.3 Å². The first kappa shape index (κ1) is 16.4. The highest BCUT2D eigenvalue weighted by molar-refractivity contribution is 7.11. The average Bonchev–Trinajstić information content (AvgIpc) is 3.02. The zero-order valence-electron chi connectivity index (χ0n) is 13.2. The van der Waals surface area contributed by atoms with E-state index in [2.05, 4.69) is 22.5 Å². The quantitative estimate of drug-likeness (QED) is 0.843. The van der Waals surface area contributed by atoms with Gasteiger partial charge in [0.15, 0.2) is 0 Å². The second-order valence-electron chi connectivity index (χ2n) is 5.62. The maximum absolute atomic E-state index is 12.5. The van der Waals surface area contributed by atoms with E-state index in [1.54, 1.807) is 11.3 Å². The molecule has 0 saturated carbocycles. The van der Waals surface area contributed by atoms with Gasteiger partial charge in [0.1, 0.15) is 0 Å². The molecule has 21 heavy (non-hydrogen) atoms. The number of ether oxygens (including phenoxy) is 1. The summed E-state index contributed by atoms with van der Waals surface area (Å²) in [7, 11) is 0. The molecule has 2 N–H and O–H groups in total. The van der Waals surface area contributed by atoms with Crippen LogP contribution in [0.15, 0.2) is 0 Å². The number of rotatable bonds is 6. The van der Waals surface area contributed by atoms with E-state index >= 15 is 0 Å². The number of amides is 1. The SMILES string of the molecule is CCCNC1COCC1C(=O)NC(C)c1sc(C)nc1C. The normalized spacial score (nSPS) is 23.2. The highest BCUT2D eigenvalue weighted by atomic mass is 32.1. The van der Waals surface area contributed by atoms with E-state index in [0.29, 0.717) is 13.2 Å². The number of carbonyl (C=O) groups excluding carboxylic acids is 1. The number of hydrogen-bond donors (Lipinski definition) is 2. The smallest absolute Gasteiger partial charge is 0.227 e. The number of aromatic nitrogens is 1. The first-order valence-corrected chi connectivity index (χ1v) is 8.40. The van der Waals surface area contributed by atoms with E-state index in [1.165, 1.54) is 0 Å². The van der Waals surface area contributed by atoms with Crippen LogP contribution in [-0.2, 0) is 9.53 Å². The minimum absolute atomic E-state index is 0.00359. The topological polar surface area (TPSA) is 63.2 Å². The molecule has 0 spiro atoms. The predicted octanol–water partition coefficient (Wildman–Crippen LogP) is 1.95. The Bertz CT molecular complexity index is 489. The first-order valence-electron chi connectivity index (χ1n) is 7.58. The second-order valence-corrected chi connectivity index (χ2v) is 6.85. The molecule has 5 nitrogen and oxygen atoms in total. The molecule has 0 aliphatic carbocycles. The Balaban J connectivity index is 1.95. The van der Waals surface area contributed by atoms with Crippen molar-refractivity contribution in [3.63, 3.8) is 0 Å². The fourth-order valence-corrected chi connectivity index (χ4v) is 3.61. The summed E-state index contributed by atoms with van der Waals surface area (Å²) < 4.78 is 5.47. The van der Waals surface area contributed by atoms with E-state index in [9.17, 15) is 4.79 Å². The number of thiazole rings is 1. The zero-order valence-corrected chi connectivity index (χ0v) is 14.0. The number of nitrogens with one attached hydrogen (secondary N) is 2. The molecule has 1 amide bonds. The van der Waals surface area contributed by atoms with Crippen molar-refractivity contribution in [2.45, 2.75) is 46.2 Å². The lowest BCUT2D eigenvalue weighted by Gasteiger charge is -2.21. The summed E-state index contributed by atoms with van der Waals surface area (Å²) in [5.41, 5.74) is 1.01. The minimum Gasteiger partial charge on any atom is -0.379 e. The largest absolute Gasteiger partial charge is 0.379 e. The molecule has 1 aliphatic heterocycles. The highest BCUT2D eigenvalue weighted by Crippen LogP contribution is 2.25. The highest BCUT2D eigenvalue weighted by Gasteiger charge is 2.34. The lowest BCUT2D eigenvalue weighted by Crippen LogP contribution is -2.44. The zero-order chi connectivity index (χ0) is 15.4. The molecule has 6 heteroatoms. The lowest BCUT2D eigenvalue weighted by atomic mass is 10.0. The molecule has 1 aromatic rings. The summed E-state index contributed by atoms with van der Waals surface area (Å²) in [6.07, 6.45) is 1.06. The van der Waals surface area contributed by atoms with Crippen LogP contribution in [0.25, 0.3) is 0 Å². The monoisotopic (exact) mass is 311 g/mol. The number of nitrogens with zero attached hydrogens (tertiary/aromatic N) is 1. The molecular formula is C15H25N3O2S. The molecule has 1 aliphatic rings. The molecular weight excluding hydrogens is 286 g/mol. The van der Waals surface area contributed by atoms with Gasteiger partial charge in [-0.25, -0.2) is 4.98 Å². The Labute approximate surface area is 130 Å². The van der Waals surface area contributed by atoms with Crippen molar-refractivity contribution in [3.05, 3.63) is 15.6 Å². The van der Waals surface area contributed by atoms with Crippen molar-refractivity contribution < 1.29 is 9.53 Å².